The number of hydrogen-bond donors (Lipinski definition) is 10. The monoisotopic (exact) mass is 781 g/mol. The lowest BCUT2D eigenvalue weighted by molar-refractivity contribution is -0.143. The first-order valence-electron chi connectivity index (χ1n) is 16.9. The number of aromatic nitrogens is 4. The van der Waals surface area contributed by atoms with Crippen molar-refractivity contribution in [2.24, 2.45) is 5.92 Å². The quantitative estimate of drug-likeness (QED) is 0.0332. The van der Waals surface area contributed by atoms with Crippen LogP contribution in [0.3, 0.4) is 0 Å². The Morgan fingerprint density at radius 3 is 2.57 bits per heavy atom. The molecule has 24 heteroatoms. The van der Waals surface area contributed by atoms with Crippen LogP contribution in [0.15, 0.2) is 11.1 Å². The molecule has 2 aromatic heterocycles. The summed E-state index contributed by atoms with van der Waals surface area (Å²) in [5.41, 5.74) is 4.99. The zero-order valence-corrected chi connectivity index (χ0v) is 29.8. The van der Waals surface area contributed by atoms with Gasteiger partial charge in [-0.1, -0.05) is 0 Å². The Balaban J connectivity index is 1.11. The van der Waals surface area contributed by atoms with Crippen LogP contribution in [0, 0.1) is 5.92 Å². The number of anilines is 1. The summed E-state index contributed by atoms with van der Waals surface area (Å²) in [6, 6.07) is -0.826. The number of H-pyrrole nitrogens is 1. The normalized spacial score (nSPS) is 27.6. The molecule has 1 saturated carbocycles. The Morgan fingerprint density at radius 1 is 1.09 bits per heavy atom. The summed E-state index contributed by atoms with van der Waals surface area (Å²) in [7, 11) is -4.89. The average molecular weight is 782 g/mol. The van der Waals surface area contributed by atoms with Crippen molar-refractivity contribution in [3.05, 3.63) is 16.7 Å². The van der Waals surface area contributed by atoms with Gasteiger partial charge in [-0.2, -0.15) is 4.98 Å². The molecule has 4 rings (SSSR count). The highest BCUT2D eigenvalue weighted by atomic mass is 31.2. The fourth-order valence-corrected chi connectivity index (χ4v) is 6.34. The molecule has 23 nitrogen and oxygen atoms in total. The molecule has 0 aromatic carbocycles. The third-order valence-electron chi connectivity index (χ3n) is 8.60. The van der Waals surface area contributed by atoms with Crippen molar-refractivity contribution in [1.29, 1.82) is 0 Å². The van der Waals surface area contributed by atoms with Crippen molar-refractivity contribution in [2.45, 2.75) is 81.5 Å². The zero-order chi connectivity index (χ0) is 38.7. The molecule has 0 bridgehead atoms. The summed E-state index contributed by atoms with van der Waals surface area (Å²) in [4.78, 5) is 64.6. The minimum absolute atomic E-state index is 0.0120. The van der Waals surface area contributed by atoms with E-state index < -0.39 is 74.8 Å². The number of nitrogen functional groups attached to an aromatic ring is 1. The SMILES string of the molecule is CC(=O)N[C@@H]1[C@@H](O)[C@@H](O)[C@@H](CO)C[C@H]1OCCCCC(=O)NCCOCCOCO[C@@H]1[C@H](O)[C@@H](COP(=O)(O)O)O[C@H]1n1cnc2c(=O)[nH]c(N)nc21. The van der Waals surface area contributed by atoms with Gasteiger partial charge in [-0.15, -0.1) is 0 Å². The standard InChI is InChI=1S/C29H48N7O16P/c1-15(38)33-20-17(10-16(11-37)22(40)24(20)42)49-6-3-2-4-19(39)31-5-7-47-8-9-48-14-50-25-23(41)18(12-51-53(44,45)46)52-28(25)36-13-32-21-26(36)34-29(30)35-27(21)43/h13,16-18,20,22-25,28,37,40-42H,2-12,14H2,1H3,(H,31,39)(H,33,38)(H2,44,45,46)(H3,30,34,35,43)/t16-,17-,18-,20+,22+,23-,24-,25-,28-/m1/s1. The largest absolute Gasteiger partial charge is 0.469 e. The number of rotatable bonds is 21. The number of ether oxygens (including phenoxy) is 5. The number of amides is 2. The molecule has 9 atom stereocenters. The number of carbonyl (C=O) groups excluding carboxylic acids is 2. The van der Waals surface area contributed by atoms with Gasteiger partial charge < -0.3 is 70.3 Å². The maximum absolute atomic E-state index is 12.2. The first-order chi connectivity index (χ1) is 25.2. The minimum atomic E-state index is -4.89. The predicted octanol–water partition coefficient (Wildman–Crippen LogP) is -3.64. The first-order valence-corrected chi connectivity index (χ1v) is 18.4. The molecule has 3 heterocycles. The van der Waals surface area contributed by atoms with E-state index in [2.05, 4.69) is 30.1 Å². The average Bonchev–Trinajstić information content (AvgIpc) is 3.65. The summed E-state index contributed by atoms with van der Waals surface area (Å²) in [6.45, 7) is 0.769. The van der Waals surface area contributed by atoms with Crippen LogP contribution in [0.1, 0.15) is 38.8 Å². The van der Waals surface area contributed by atoms with E-state index in [0.29, 0.717) is 12.8 Å². The molecule has 0 spiro atoms. The molecule has 1 aliphatic heterocycles. The second kappa shape index (κ2) is 20.0. The molecular formula is C29H48N7O16P. The van der Waals surface area contributed by atoms with Gasteiger partial charge in [0.1, 0.15) is 31.2 Å². The number of unbranched alkanes of at least 4 members (excludes halogenated alkanes) is 1. The fourth-order valence-electron chi connectivity index (χ4n) is 6.00. The highest BCUT2D eigenvalue weighted by molar-refractivity contribution is 7.46. The number of nitrogens with zero attached hydrogens (tertiary/aromatic N) is 3. The lowest BCUT2D eigenvalue weighted by Crippen LogP contribution is -2.61. The maximum atomic E-state index is 12.2. The van der Waals surface area contributed by atoms with E-state index in [9.17, 15) is 39.4 Å². The number of carbonyl (C=O) groups is 2. The maximum Gasteiger partial charge on any atom is 0.469 e. The van der Waals surface area contributed by atoms with Crippen molar-refractivity contribution in [2.75, 3.05) is 58.7 Å². The number of fused-ring (bicyclic) bond motifs is 1. The topological polar surface area (TPSA) is 342 Å². The van der Waals surface area contributed by atoms with Gasteiger partial charge in [-0.25, -0.2) is 9.55 Å². The molecule has 53 heavy (non-hydrogen) atoms. The molecule has 2 aliphatic rings. The Kier molecular flexibility index (Phi) is 16.0. The van der Waals surface area contributed by atoms with Crippen LogP contribution in [0.25, 0.3) is 11.2 Å². The Morgan fingerprint density at radius 2 is 1.85 bits per heavy atom. The molecule has 11 N–H and O–H groups in total. The van der Waals surface area contributed by atoms with Crippen LogP contribution in [0.4, 0.5) is 5.95 Å². The summed E-state index contributed by atoms with van der Waals surface area (Å²) in [5, 5.41) is 46.3. The molecule has 1 aliphatic carbocycles. The Hall–Kier alpha value is -3.16. The Bertz CT molecular complexity index is 1590. The van der Waals surface area contributed by atoms with E-state index in [1.165, 1.54) is 17.8 Å². The molecule has 300 valence electrons. The summed E-state index contributed by atoms with van der Waals surface area (Å²) in [5.74, 6) is -1.38. The van der Waals surface area contributed by atoms with Crippen LogP contribution < -0.4 is 21.9 Å². The summed E-state index contributed by atoms with van der Waals surface area (Å²) in [6.07, 6.45) is -5.45. The van der Waals surface area contributed by atoms with E-state index >= 15 is 0 Å². The molecular weight excluding hydrogens is 733 g/mol. The van der Waals surface area contributed by atoms with Crippen molar-refractivity contribution < 1.29 is 72.6 Å². The van der Waals surface area contributed by atoms with Crippen LogP contribution in [0.2, 0.25) is 0 Å². The van der Waals surface area contributed by atoms with Gasteiger partial charge in [-0.05, 0) is 19.3 Å². The number of phosphoric acid groups is 1. The first kappa shape index (κ1) is 42.6. The van der Waals surface area contributed by atoms with E-state index in [-0.39, 0.29) is 88.1 Å². The Labute approximate surface area is 302 Å². The number of hydrogen-bond acceptors (Lipinski definition) is 17. The number of aliphatic hydroxyl groups excluding tert-OH is 4. The van der Waals surface area contributed by atoms with E-state index in [4.69, 9.17) is 39.2 Å². The van der Waals surface area contributed by atoms with E-state index in [1.807, 2.05) is 0 Å². The molecule has 0 unspecified atom stereocenters. The van der Waals surface area contributed by atoms with Gasteiger partial charge in [0.25, 0.3) is 5.56 Å². The smallest absolute Gasteiger partial charge is 0.396 e. The number of nitrogens with two attached hydrogens (primary N) is 1. The zero-order valence-electron chi connectivity index (χ0n) is 28.9. The second-order valence-corrected chi connectivity index (χ2v) is 13.7. The summed E-state index contributed by atoms with van der Waals surface area (Å²) >= 11 is 0. The van der Waals surface area contributed by atoms with Gasteiger partial charge in [0, 0.05) is 39.0 Å². The van der Waals surface area contributed by atoms with Crippen LogP contribution in [-0.4, -0.2) is 157 Å². The minimum Gasteiger partial charge on any atom is -0.396 e. The second-order valence-electron chi connectivity index (χ2n) is 12.5. The lowest BCUT2D eigenvalue weighted by Gasteiger charge is -2.42. The van der Waals surface area contributed by atoms with Crippen molar-refractivity contribution >= 4 is 36.7 Å². The number of aliphatic hydroxyl groups is 4. The number of nitrogens with one attached hydrogen (secondary N) is 3. The van der Waals surface area contributed by atoms with Crippen LogP contribution >= 0.6 is 7.82 Å². The van der Waals surface area contributed by atoms with E-state index in [1.54, 1.807) is 0 Å². The van der Waals surface area contributed by atoms with Crippen molar-refractivity contribution in [1.82, 2.24) is 30.2 Å². The third-order valence-corrected chi connectivity index (χ3v) is 9.09. The highest BCUT2D eigenvalue weighted by Gasteiger charge is 2.47. The molecule has 2 amide bonds. The van der Waals surface area contributed by atoms with Crippen LogP contribution in [0.5, 0.6) is 0 Å². The molecule has 0 radical (unpaired) electrons. The van der Waals surface area contributed by atoms with Gasteiger partial charge in [-0.3, -0.25) is 28.5 Å². The van der Waals surface area contributed by atoms with Gasteiger partial charge >= 0.3 is 7.82 Å². The van der Waals surface area contributed by atoms with Gasteiger partial charge in [0.15, 0.2) is 17.4 Å². The highest BCUT2D eigenvalue weighted by Crippen LogP contribution is 2.39. The van der Waals surface area contributed by atoms with Crippen molar-refractivity contribution in [3.8, 4) is 0 Å². The van der Waals surface area contributed by atoms with Gasteiger partial charge in [0.05, 0.1) is 51.0 Å². The summed E-state index contributed by atoms with van der Waals surface area (Å²) < 4.78 is 45.2. The molecule has 2 fully saturated rings. The molecule has 1 saturated heterocycles. The number of aromatic amines is 1. The fraction of sp³-hybridized carbons (Fsp3) is 0.759. The number of phosphoric ester groups is 1. The third kappa shape index (κ3) is 12.2. The van der Waals surface area contributed by atoms with Gasteiger partial charge in [0.2, 0.25) is 17.8 Å². The number of imidazole rings is 1. The van der Waals surface area contributed by atoms with Crippen LogP contribution in [-0.2, 0) is 42.4 Å². The van der Waals surface area contributed by atoms with Crippen molar-refractivity contribution in [3.63, 3.8) is 0 Å². The van der Waals surface area contributed by atoms with E-state index in [0.717, 1.165) is 0 Å². The lowest BCUT2D eigenvalue weighted by atomic mass is 9.79. The molecule has 2 aromatic rings. The predicted molar refractivity (Wildman–Crippen MR) is 178 cm³/mol.